The monoisotopic (exact) mass is 504 g/mol. The van der Waals surface area contributed by atoms with E-state index in [9.17, 15) is 56.2 Å². The van der Waals surface area contributed by atoms with E-state index in [2.05, 4.69) is 0 Å². The average molecular weight is 504 g/mol. The molecule has 3 fully saturated rings. The molecule has 3 saturated heterocycles. The summed E-state index contributed by atoms with van der Waals surface area (Å²) >= 11 is 0. The Morgan fingerprint density at radius 3 is 1.53 bits per heavy atom. The molecule has 34 heavy (non-hydrogen) atoms. The number of rotatable bonds is 7. The fourth-order valence-electron chi connectivity index (χ4n) is 3.94. The summed E-state index contributed by atoms with van der Waals surface area (Å²) in [5, 5.41) is 109. The summed E-state index contributed by atoms with van der Waals surface area (Å²) in [5.41, 5.74) is 0. The summed E-state index contributed by atoms with van der Waals surface area (Å²) in [6, 6.07) is 0. The van der Waals surface area contributed by atoms with Gasteiger partial charge in [-0.3, -0.25) is 0 Å². The molecule has 0 aliphatic carbocycles. The first-order valence-electron chi connectivity index (χ1n) is 10.6. The van der Waals surface area contributed by atoms with Gasteiger partial charge in [0, 0.05) is 0 Å². The molecule has 0 aromatic rings. The highest BCUT2D eigenvalue weighted by Crippen LogP contribution is 2.29. The Labute approximate surface area is 192 Å². The zero-order chi connectivity index (χ0) is 25.3. The van der Waals surface area contributed by atoms with Gasteiger partial charge in [-0.15, -0.1) is 0 Å². The van der Waals surface area contributed by atoms with Crippen LogP contribution in [-0.4, -0.2) is 168 Å². The van der Waals surface area contributed by atoms with Gasteiger partial charge in [0.2, 0.25) is 0 Å². The van der Waals surface area contributed by atoms with Crippen LogP contribution < -0.4 is 0 Å². The maximum absolute atomic E-state index is 10.6. The molecule has 3 heterocycles. The van der Waals surface area contributed by atoms with Gasteiger partial charge in [-0.25, -0.2) is 0 Å². The van der Waals surface area contributed by atoms with Crippen molar-refractivity contribution in [3.63, 3.8) is 0 Å². The van der Waals surface area contributed by atoms with Crippen LogP contribution >= 0.6 is 0 Å². The number of hydrogen-bond donors (Lipinski definition) is 11. The van der Waals surface area contributed by atoms with Crippen LogP contribution in [0, 0.1) is 0 Å². The van der Waals surface area contributed by atoms with Crippen molar-refractivity contribution in [3.8, 4) is 0 Å². The van der Waals surface area contributed by atoms with Crippen molar-refractivity contribution in [2.24, 2.45) is 0 Å². The molecule has 3 rings (SSSR count). The highest BCUT2D eigenvalue weighted by Gasteiger charge is 2.51. The maximum atomic E-state index is 10.6. The van der Waals surface area contributed by atoms with Crippen LogP contribution in [0.1, 0.15) is 0 Å². The Morgan fingerprint density at radius 2 is 1.00 bits per heavy atom. The van der Waals surface area contributed by atoms with Crippen LogP contribution in [0.15, 0.2) is 0 Å². The van der Waals surface area contributed by atoms with Crippen molar-refractivity contribution in [2.75, 3.05) is 19.8 Å². The predicted molar refractivity (Wildman–Crippen MR) is 101 cm³/mol. The molecule has 11 N–H and O–H groups in total. The molecule has 16 heteroatoms. The molecular formula is C18H32O16. The van der Waals surface area contributed by atoms with Crippen LogP contribution in [0.4, 0.5) is 0 Å². The Kier molecular flexibility index (Phi) is 9.54. The van der Waals surface area contributed by atoms with E-state index >= 15 is 0 Å². The van der Waals surface area contributed by atoms with Gasteiger partial charge in [0.05, 0.1) is 19.8 Å². The third kappa shape index (κ3) is 5.52. The van der Waals surface area contributed by atoms with Gasteiger partial charge in [0.25, 0.3) is 0 Å². The smallest absolute Gasteiger partial charge is 0.187 e. The Hall–Kier alpha value is -0.640. The number of aliphatic hydroxyl groups is 11. The zero-order valence-corrected chi connectivity index (χ0v) is 17.7. The molecule has 3 aliphatic rings. The number of aliphatic hydroxyl groups excluding tert-OH is 11. The number of hydrogen-bond acceptors (Lipinski definition) is 16. The quantitative estimate of drug-likeness (QED) is 0.154. The molecular weight excluding hydrogens is 472 g/mol. The van der Waals surface area contributed by atoms with E-state index in [1.54, 1.807) is 0 Å². The summed E-state index contributed by atoms with van der Waals surface area (Å²) in [6.07, 6.45) is -24.9. The lowest BCUT2D eigenvalue weighted by atomic mass is 9.97. The summed E-state index contributed by atoms with van der Waals surface area (Å²) in [6.45, 7) is -2.06. The minimum absolute atomic E-state index is 0.609. The van der Waals surface area contributed by atoms with Crippen molar-refractivity contribution in [1.82, 2.24) is 0 Å². The van der Waals surface area contributed by atoms with Crippen LogP contribution in [0.2, 0.25) is 0 Å². The molecule has 0 saturated carbocycles. The van der Waals surface area contributed by atoms with Gasteiger partial charge < -0.3 is 79.9 Å². The van der Waals surface area contributed by atoms with E-state index < -0.39 is 112 Å². The fraction of sp³-hybridized carbons (Fsp3) is 1.00. The normalized spacial score (nSPS) is 52.5. The summed E-state index contributed by atoms with van der Waals surface area (Å²) in [5.74, 6) is 0. The second-order valence-electron chi connectivity index (χ2n) is 8.37. The average Bonchev–Trinajstić information content (AvgIpc) is 2.82. The molecule has 200 valence electrons. The highest BCUT2D eigenvalue weighted by molar-refractivity contribution is 4.94. The summed E-state index contributed by atoms with van der Waals surface area (Å²) in [4.78, 5) is 0. The standard InChI is InChI=1S/C18H32O16/c19-1-4-7(21)10(24)12(26)17(32-4)30-3-6-9(23)15(14(28)16(29)31-6)34-18-13(27)11(25)8(22)5(2-20)33-18/h4-29H,1-3H2/t4-,5-,6-,7+,8+,9+,10+,11+,12-,13-,14-,15+,16?,17+,18-/m1/s1. The SMILES string of the molecule is OC[C@H]1O[C@H](OC[C@H]2OC(O)[C@H](O)[C@@H](O[C@H]3O[C@H](CO)[C@H](O)[C@H](O)[C@H]3O)[C@H]2O)[C@H](O)[C@@H](O)[C@H]1O. The van der Waals surface area contributed by atoms with Crippen LogP contribution in [0.5, 0.6) is 0 Å². The van der Waals surface area contributed by atoms with Gasteiger partial charge in [0.15, 0.2) is 18.9 Å². The van der Waals surface area contributed by atoms with E-state index in [1.807, 2.05) is 0 Å². The molecule has 0 amide bonds. The topological polar surface area (TPSA) is 269 Å². The molecule has 0 aromatic carbocycles. The van der Waals surface area contributed by atoms with Gasteiger partial charge >= 0.3 is 0 Å². The van der Waals surface area contributed by atoms with Gasteiger partial charge in [-0.1, -0.05) is 0 Å². The van der Waals surface area contributed by atoms with Crippen molar-refractivity contribution >= 4 is 0 Å². The zero-order valence-electron chi connectivity index (χ0n) is 17.7. The lowest BCUT2D eigenvalue weighted by Crippen LogP contribution is -2.65. The maximum Gasteiger partial charge on any atom is 0.187 e. The molecule has 0 aromatic heterocycles. The molecule has 0 radical (unpaired) electrons. The minimum atomic E-state index is -1.93. The highest BCUT2D eigenvalue weighted by atomic mass is 16.7. The molecule has 1 unspecified atom stereocenters. The predicted octanol–water partition coefficient (Wildman–Crippen LogP) is -7.57. The van der Waals surface area contributed by atoms with E-state index in [4.69, 9.17) is 23.7 Å². The third-order valence-corrected chi connectivity index (χ3v) is 6.07. The fourth-order valence-corrected chi connectivity index (χ4v) is 3.94. The number of ether oxygens (including phenoxy) is 5. The lowest BCUT2D eigenvalue weighted by molar-refractivity contribution is -0.361. The molecule has 15 atom stereocenters. The van der Waals surface area contributed by atoms with E-state index in [0.717, 1.165) is 0 Å². The van der Waals surface area contributed by atoms with Gasteiger partial charge in [-0.05, 0) is 0 Å². The molecule has 16 nitrogen and oxygen atoms in total. The first-order chi connectivity index (χ1) is 16.0. The second-order valence-corrected chi connectivity index (χ2v) is 8.37. The van der Waals surface area contributed by atoms with E-state index in [-0.39, 0.29) is 0 Å². The first-order valence-corrected chi connectivity index (χ1v) is 10.6. The van der Waals surface area contributed by atoms with Gasteiger partial charge in [0.1, 0.15) is 73.2 Å². The van der Waals surface area contributed by atoms with Gasteiger partial charge in [-0.2, -0.15) is 0 Å². The van der Waals surface area contributed by atoms with Crippen LogP contribution in [-0.2, 0) is 23.7 Å². The minimum Gasteiger partial charge on any atom is -0.394 e. The second kappa shape index (κ2) is 11.6. The van der Waals surface area contributed by atoms with Crippen molar-refractivity contribution in [1.29, 1.82) is 0 Å². The van der Waals surface area contributed by atoms with Crippen molar-refractivity contribution < 1.29 is 79.9 Å². The van der Waals surface area contributed by atoms with Crippen molar-refractivity contribution in [3.05, 3.63) is 0 Å². The van der Waals surface area contributed by atoms with E-state index in [0.29, 0.717) is 0 Å². The molecule has 3 aliphatic heterocycles. The van der Waals surface area contributed by atoms with E-state index in [1.165, 1.54) is 0 Å². The van der Waals surface area contributed by atoms with Crippen LogP contribution in [0.3, 0.4) is 0 Å². The first kappa shape index (κ1) is 27.9. The summed E-state index contributed by atoms with van der Waals surface area (Å²) in [7, 11) is 0. The molecule has 0 spiro atoms. The van der Waals surface area contributed by atoms with Crippen LogP contribution in [0.25, 0.3) is 0 Å². The summed E-state index contributed by atoms with van der Waals surface area (Å²) < 4.78 is 26.1. The Bertz CT molecular complexity index is 637. The Balaban J connectivity index is 1.65. The largest absolute Gasteiger partial charge is 0.394 e. The lowest BCUT2D eigenvalue weighted by Gasteiger charge is -2.45. The third-order valence-electron chi connectivity index (χ3n) is 6.07. The van der Waals surface area contributed by atoms with Crippen molar-refractivity contribution in [2.45, 2.75) is 92.1 Å². The Morgan fingerprint density at radius 1 is 0.500 bits per heavy atom. The molecule has 0 bridgehead atoms.